The predicted octanol–water partition coefficient (Wildman–Crippen LogP) is 3.53. The first-order chi connectivity index (χ1) is 11.3. The Morgan fingerprint density at radius 1 is 1.28 bits per heavy atom. The molecule has 0 aliphatic heterocycles. The summed E-state index contributed by atoms with van der Waals surface area (Å²) in [6.07, 6.45) is 0. The summed E-state index contributed by atoms with van der Waals surface area (Å²) in [4.78, 5) is 4.22. The van der Waals surface area contributed by atoms with E-state index in [9.17, 15) is 13.2 Å². The molecule has 0 aromatic heterocycles. The van der Waals surface area contributed by atoms with Crippen molar-refractivity contribution >= 4 is 29.9 Å². The second-order valence-corrected chi connectivity index (χ2v) is 5.61. The number of nitrogens with one attached hydrogen (secondary N) is 2. The summed E-state index contributed by atoms with van der Waals surface area (Å²) < 4.78 is 48.4. The Morgan fingerprint density at radius 3 is 2.52 bits per heavy atom. The largest absolute Gasteiger partial charge is 0.434 e. The third-order valence-electron chi connectivity index (χ3n) is 3.27. The maximum Gasteiger partial charge on any atom is 0.387 e. The van der Waals surface area contributed by atoms with Gasteiger partial charge in [-0.1, -0.05) is 6.07 Å². The highest BCUT2D eigenvalue weighted by molar-refractivity contribution is 14.0. The summed E-state index contributed by atoms with van der Waals surface area (Å²) in [5, 5.41) is 6.07. The number of rotatable bonds is 8. The highest BCUT2D eigenvalue weighted by Crippen LogP contribution is 2.24. The van der Waals surface area contributed by atoms with Gasteiger partial charge in [0.2, 0.25) is 0 Å². The molecular formula is C16H25F3IN3O2. The smallest absolute Gasteiger partial charge is 0.387 e. The average molecular weight is 475 g/mol. The number of aliphatic imine (C=N–C) groups is 1. The Balaban J connectivity index is 0.00000576. The molecule has 0 unspecified atom stereocenters. The van der Waals surface area contributed by atoms with Gasteiger partial charge in [-0.15, -0.1) is 24.0 Å². The van der Waals surface area contributed by atoms with Crippen LogP contribution in [0.4, 0.5) is 13.2 Å². The molecule has 0 saturated heterocycles. The van der Waals surface area contributed by atoms with E-state index in [2.05, 4.69) is 20.4 Å². The molecule has 2 N–H and O–H groups in total. The standard InChI is InChI=1S/C16H24F3N3O2.HI/c1-5-20-15(22-10-16(2,3)23-4)21-9-11-12(17)7-6-8-13(11)24-14(18)19;/h6-8,14H,5,9-10H2,1-4H3,(H2,20,21,22);1H. The Hall–Kier alpha value is -1.23. The summed E-state index contributed by atoms with van der Waals surface area (Å²) in [6, 6.07) is 3.77. The van der Waals surface area contributed by atoms with E-state index in [1.165, 1.54) is 18.2 Å². The minimum Gasteiger partial charge on any atom is -0.434 e. The van der Waals surface area contributed by atoms with Crippen LogP contribution in [0.25, 0.3) is 0 Å². The van der Waals surface area contributed by atoms with Gasteiger partial charge in [0, 0.05) is 20.2 Å². The van der Waals surface area contributed by atoms with Crippen molar-refractivity contribution in [1.29, 1.82) is 0 Å². The lowest BCUT2D eigenvalue weighted by Crippen LogP contribution is -2.45. The molecule has 0 bridgehead atoms. The molecular weight excluding hydrogens is 450 g/mol. The third kappa shape index (κ3) is 8.61. The minimum absolute atomic E-state index is 0. The Labute approximate surface area is 163 Å². The van der Waals surface area contributed by atoms with E-state index in [0.29, 0.717) is 19.0 Å². The summed E-state index contributed by atoms with van der Waals surface area (Å²) >= 11 is 0. The number of methoxy groups -OCH3 is 1. The van der Waals surface area contributed by atoms with E-state index in [-0.39, 0.29) is 41.8 Å². The molecule has 9 heteroatoms. The quantitative estimate of drug-likeness (QED) is 0.343. The van der Waals surface area contributed by atoms with E-state index in [4.69, 9.17) is 4.74 Å². The average Bonchev–Trinajstić information content (AvgIpc) is 2.51. The number of ether oxygens (including phenoxy) is 2. The molecule has 1 rings (SSSR count). The molecule has 0 heterocycles. The molecule has 5 nitrogen and oxygen atoms in total. The highest BCUT2D eigenvalue weighted by atomic mass is 127. The maximum atomic E-state index is 13.9. The Bertz CT molecular complexity index is 557. The topological polar surface area (TPSA) is 54.9 Å². The zero-order valence-electron chi connectivity index (χ0n) is 14.7. The van der Waals surface area contributed by atoms with Gasteiger partial charge in [-0.3, -0.25) is 0 Å². The zero-order valence-corrected chi connectivity index (χ0v) is 17.1. The maximum absolute atomic E-state index is 13.9. The fourth-order valence-corrected chi connectivity index (χ4v) is 1.77. The van der Waals surface area contributed by atoms with Crippen molar-refractivity contribution < 1.29 is 22.6 Å². The first kappa shape index (κ1) is 23.8. The summed E-state index contributed by atoms with van der Waals surface area (Å²) in [5.41, 5.74) is -0.445. The van der Waals surface area contributed by atoms with Crippen molar-refractivity contribution in [2.45, 2.75) is 39.5 Å². The van der Waals surface area contributed by atoms with Crippen LogP contribution in [0.2, 0.25) is 0 Å². The molecule has 0 atom stereocenters. The lowest BCUT2D eigenvalue weighted by molar-refractivity contribution is -0.0506. The molecule has 0 amide bonds. The fraction of sp³-hybridized carbons (Fsp3) is 0.562. The first-order valence-electron chi connectivity index (χ1n) is 7.58. The molecule has 25 heavy (non-hydrogen) atoms. The van der Waals surface area contributed by atoms with Crippen LogP contribution in [-0.4, -0.2) is 38.4 Å². The molecule has 1 aromatic rings. The van der Waals surface area contributed by atoms with E-state index in [1.807, 2.05) is 20.8 Å². The van der Waals surface area contributed by atoms with E-state index in [0.717, 1.165) is 0 Å². The van der Waals surface area contributed by atoms with Gasteiger partial charge < -0.3 is 20.1 Å². The van der Waals surface area contributed by atoms with Gasteiger partial charge in [0.15, 0.2) is 5.96 Å². The van der Waals surface area contributed by atoms with E-state index >= 15 is 0 Å². The van der Waals surface area contributed by atoms with Crippen molar-refractivity contribution in [2.24, 2.45) is 4.99 Å². The van der Waals surface area contributed by atoms with Gasteiger partial charge in [0.1, 0.15) is 11.6 Å². The lowest BCUT2D eigenvalue weighted by atomic mass is 10.1. The second kappa shape index (κ2) is 11.4. The number of benzene rings is 1. The molecule has 0 aliphatic rings. The zero-order chi connectivity index (χ0) is 18.2. The molecule has 0 radical (unpaired) electrons. The van der Waals surface area contributed by atoms with Crippen molar-refractivity contribution in [1.82, 2.24) is 10.6 Å². The van der Waals surface area contributed by atoms with Gasteiger partial charge in [-0.2, -0.15) is 8.78 Å². The lowest BCUT2D eigenvalue weighted by Gasteiger charge is -2.24. The van der Waals surface area contributed by atoms with Gasteiger partial charge >= 0.3 is 6.61 Å². The fourth-order valence-electron chi connectivity index (χ4n) is 1.77. The van der Waals surface area contributed by atoms with Crippen LogP contribution in [0, 0.1) is 5.82 Å². The van der Waals surface area contributed by atoms with Crippen molar-refractivity contribution in [3.8, 4) is 5.75 Å². The summed E-state index contributed by atoms with van der Waals surface area (Å²) in [6.45, 7) is 3.57. The van der Waals surface area contributed by atoms with Crippen molar-refractivity contribution in [3.63, 3.8) is 0 Å². The first-order valence-corrected chi connectivity index (χ1v) is 7.58. The van der Waals surface area contributed by atoms with Crippen LogP contribution in [0.5, 0.6) is 5.75 Å². The normalized spacial score (nSPS) is 11.9. The van der Waals surface area contributed by atoms with E-state index in [1.54, 1.807) is 7.11 Å². The number of guanidine groups is 1. The number of halogens is 4. The summed E-state index contributed by atoms with van der Waals surface area (Å²) in [5.74, 6) is -0.444. The molecule has 0 saturated carbocycles. The van der Waals surface area contributed by atoms with Gasteiger partial charge in [0.25, 0.3) is 0 Å². The minimum atomic E-state index is -3.02. The molecule has 0 spiro atoms. The SMILES string of the molecule is CCNC(=NCc1c(F)cccc1OC(F)F)NCC(C)(C)OC.I. The van der Waals surface area contributed by atoms with Crippen LogP contribution in [-0.2, 0) is 11.3 Å². The number of alkyl halides is 2. The van der Waals surface area contributed by atoms with Gasteiger partial charge in [0.05, 0.1) is 17.7 Å². The van der Waals surface area contributed by atoms with Crippen LogP contribution in [0.15, 0.2) is 23.2 Å². The molecule has 144 valence electrons. The van der Waals surface area contributed by atoms with Crippen LogP contribution < -0.4 is 15.4 Å². The molecule has 0 fully saturated rings. The van der Waals surface area contributed by atoms with Crippen molar-refractivity contribution in [3.05, 3.63) is 29.6 Å². The molecule has 1 aromatic carbocycles. The Kier molecular flexibility index (Phi) is 10.8. The second-order valence-electron chi connectivity index (χ2n) is 5.61. The number of hydrogen-bond acceptors (Lipinski definition) is 3. The van der Waals surface area contributed by atoms with Gasteiger partial charge in [-0.25, -0.2) is 9.38 Å². The highest BCUT2D eigenvalue weighted by Gasteiger charge is 2.17. The van der Waals surface area contributed by atoms with Crippen molar-refractivity contribution in [2.75, 3.05) is 20.2 Å². The number of nitrogens with zero attached hydrogens (tertiary/aromatic N) is 1. The van der Waals surface area contributed by atoms with Gasteiger partial charge in [-0.05, 0) is 32.9 Å². The van der Waals surface area contributed by atoms with Crippen LogP contribution in [0.1, 0.15) is 26.3 Å². The summed E-state index contributed by atoms with van der Waals surface area (Å²) in [7, 11) is 1.60. The van der Waals surface area contributed by atoms with Crippen LogP contribution in [0.3, 0.4) is 0 Å². The Morgan fingerprint density at radius 2 is 1.96 bits per heavy atom. The van der Waals surface area contributed by atoms with Crippen LogP contribution >= 0.6 is 24.0 Å². The van der Waals surface area contributed by atoms with E-state index < -0.39 is 18.0 Å². The third-order valence-corrected chi connectivity index (χ3v) is 3.27. The monoisotopic (exact) mass is 475 g/mol. The predicted molar refractivity (Wildman–Crippen MR) is 102 cm³/mol. The number of hydrogen-bond donors (Lipinski definition) is 2. The molecule has 0 aliphatic carbocycles.